The highest BCUT2D eigenvalue weighted by molar-refractivity contribution is 7.98. The van der Waals surface area contributed by atoms with Crippen molar-refractivity contribution in [1.82, 2.24) is 24.7 Å². The molecule has 3 heterocycles. The van der Waals surface area contributed by atoms with Crippen LogP contribution in [0.4, 0.5) is 0 Å². The van der Waals surface area contributed by atoms with Crippen molar-refractivity contribution in [1.29, 1.82) is 0 Å². The van der Waals surface area contributed by atoms with Crippen molar-refractivity contribution in [3.63, 3.8) is 0 Å². The zero-order valence-electron chi connectivity index (χ0n) is 14.2. The molecule has 4 rings (SSSR count). The van der Waals surface area contributed by atoms with E-state index >= 15 is 0 Å². The van der Waals surface area contributed by atoms with Crippen LogP contribution < -0.4 is 5.56 Å². The Bertz CT molecular complexity index is 1080. The minimum atomic E-state index is -0.176. The molecule has 132 valence electrons. The van der Waals surface area contributed by atoms with E-state index in [1.54, 1.807) is 22.2 Å². The summed E-state index contributed by atoms with van der Waals surface area (Å²) in [5.41, 5.74) is 2.28. The van der Waals surface area contributed by atoms with E-state index in [1.165, 1.54) is 11.8 Å². The monoisotopic (exact) mass is 383 g/mol. The lowest BCUT2D eigenvalue weighted by Crippen LogP contribution is -2.09. The summed E-state index contributed by atoms with van der Waals surface area (Å²) in [7, 11) is 0. The largest absolute Gasteiger partial charge is 0.301 e. The van der Waals surface area contributed by atoms with Gasteiger partial charge in [-0.1, -0.05) is 36.9 Å². The van der Waals surface area contributed by atoms with Gasteiger partial charge in [0.05, 0.1) is 22.6 Å². The molecule has 0 aliphatic heterocycles. The van der Waals surface area contributed by atoms with Gasteiger partial charge in [0.1, 0.15) is 5.39 Å². The number of aryl methyl sites for hydroxylation is 1. The minimum Gasteiger partial charge on any atom is -0.301 e. The number of aromatic nitrogens is 5. The summed E-state index contributed by atoms with van der Waals surface area (Å²) in [6.45, 7) is 2.15. The Kier molecular flexibility index (Phi) is 4.85. The van der Waals surface area contributed by atoms with Gasteiger partial charge in [0.25, 0.3) is 5.56 Å². The van der Waals surface area contributed by atoms with Crippen LogP contribution in [0.15, 0.2) is 51.9 Å². The van der Waals surface area contributed by atoms with Crippen LogP contribution >= 0.6 is 23.1 Å². The van der Waals surface area contributed by atoms with Crippen LogP contribution in [0.3, 0.4) is 0 Å². The van der Waals surface area contributed by atoms with Crippen molar-refractivity contribution in [3.05, 3.63) is 63.0 Å². The molecule has 3 aromatic heterocycles. The maximum absolute atomic E-state index is 12.4. The zero-order chi connectivity index (χ0) is 17.9. The molecule has 1 N–H and O–H groups in total. The summed E-state index contributed by atoms with van der Waals surface area (Å²) in [5, 5.41) is 8.61. The first kappa shape index (κ1) is 17.0. The first-order valence-corrected chi connectivity index (χ1v) is 10.2. The van der Waals surface area contributed by atoms with E-state index in [4.69, 9.17) is 0 Å². The molecule has 0 bridgehead atoms. The molecule has 1 aromatic carbocycles. The number of nitrogens with one attached hydrogen (secondary N) is 1. The number of hydrogen-bond donors (Lipinski definition) is 1. The minimum absolute atomic E-state index is 0.176. The van der Waals surface area contributed by atoms with Crippen molar-refractivity contribution < 1.29 is 0 Å². The summed E-state index contributed by atoms with van der Waals surface area (Å²) >= 11 is 3.16. The predicted octanol–water partition coefficient (Wildman–Crippen LogP) is 3.81. The molecule has 0 atom stereocenters. The van der Waals surface area contributed by atoms with Gasteiger partial charge in [0.2, 0.25) is 0 Å². The Hall–Kier alpha value is -2.45. The third-order valence-corrected chi connectivity index (χ3v) is 5.70. The standard InChI is InChI=1S/C18H17N5OS2/c1-2-6-15-20-12(10-25-15)11-26-18-21-16-14(17(24)22-18)9-19-23(16)13-7-4-3-5-8-13/h3-5,7-10H,2,6,11H2,1H3,(H,21,22,24). The van der Waals surface area contributed by atoms with Crippen LogP contribution in [-0.2, 0) is 12.2 Å². The topological polar surface area (TPSA) is 76.5 Å². The summed E-state index contributed by atoms with van der Waals surface area (Å²) in [4.78, 5) is 24.4. The second-order valence-electron chi connectivity index (χ2n) is 5.77. The molecular formula is C18H17N5OS2. The van der Waals surface area contributed by atoms with E-state index in [-0.39, 0.29) is 5.56 Å². The van der Waals surface area contributed by atoms with E-state index in [0.29, 0.717) is 21.9 Å². The molecule has 0 unspecified atom stereocenters. The third kappa shape index (κ3) is 3.42. The maximum atomic E-state index is 12.4. The molecule has 0 amide bonds. The Morgan fingerprint density at radius 1 is 1.23 bits per heavy atom. The number of fused-ring (bicyclic) bond motifs is 1. The molecule has 0 saturated carbocycles. The van der Waals surface area contributed by atoms with Crippen LogP contribution in [0.25, 0.3) is 16.7 Å². The number of H-pyrrole nitrogens is 1. The number of nitrogens with zero attached hydrogens (tertiary/aromatic N) is 4. The predicted molar refractivity (Wildman–Crippen MR) is 105 cm³/mol. The Morgan fingerprint density at radius 3 is 2.88 bits per heavy atom. The van der Waals surface area contributed by atoms with E-state index in [1.807, 2.05) is 30.3 Å². The molecule has 0 aliphatic rings. The second kappa shape index (κ2) is 7.43. The molecule has 0 radical (unpaired) electrons. The lowest BCUT2D eigenvalue weighted by Gasteiger charge is -2.04. The van der Waals surface area contributed by atoms with Gasteiger partial charge in [-0.3, -0.25) is 4.79 Å². The van der Waals surface area contributed by atoms with Crippen molar-refractivity contribution in [2.75, 3.05) is 0 Å². The lowest BCUT2D eigenvalue weighted by molar-refractivity contribution is 0.872. The molecule has 8 heteroatoms. The summed E-state index contributed by atoms with van der Waals surface area (Å²) in [6.07, 6.45) is 3.65. The summed E-state index contributed by atoms with van der Waals surface area (Å²) in [5.74, 6) is 0.675. The summed E-state index contributed by atoms with van der Waals surface area (Å²) in [6, 6.07) is 9.68. The van der Waals surface area contributed by atoms with E-state index in [2.05, 4.69) is 32.4 Å². The van der Waals surface area contributed by atoms with E-state index in [0.717, 1.165) is 29.2 Å². The quantitative estimate of drug-likeness (QED) is 0.405. The fraction of sp³-hybridized carbons (Fsp3) is 0.222. The number of aromatic amines is 1. The van der Waals surface area contributed by atoms with Crippen molar-refractivity contribution in [2.45, 2.75) is 30.7 Å². The van der Waals surface area contributed by atoms with Crippen molar-refractivity contribution in [3.8, 4) is 5.69 Å². The molecule has 26 heavy (non-hydrogen) atoms. The second-order valence-corrected chi connectivity index (χ2v) is 7.68. The number of rotatable bonds is 6. The van der Waals surface area contributed by atoms with Crippen LogP contribution in [0.2, 0.25) is 0 Å². The Morgan fingerprint density at radius 2 is 2.08 bits per heavy atom. The van der Waals surface area contributed by atoms with Gasteiger partial charge in [0, 0.05) is 11.1 Å². The summed E-state index contributed by atoms with van der Waals surface area (Å²) < 4.78 is 1.69. The molecule has 4 aromatic rings. The molecule has 0 saturated heterocycles. The zero-order valence-corrected chi connectivity index (χ0v) is 15.8. The maximum Gasteiger partial charge on any atom is 0.262 e. The van der Waals surface area contributed by atoms with Crippen LogP contribution in [-0.4, -0.2) is 24.7 Å². The smallest absolute Gasteiger partial charge is 0.262 e. The van der Waals surface area contributed by atoms with Gasteiger partial charge < -0.3 is 4.98 Å². The SMILES string of the molecule is CCCc1nc(CSc2nc3c(cnn3-c3ccccc3)c(=O)[nH]2)cs1. The van der Waals surface area contributed by atoms with E-state index < -0.39 is 0 Å². The number of benzene rings is 1. The van der Waals surface area contributed by atoms with Gasteiger partial charge in [-0.15, -0.1) is 11.3 Å². The lowest BCUT2D eigenvalue weighted by atomic mass is 10.3. The highest BCUT2D eigenvalue weighted by Crippen LogP contribution is 2.22. The molecular weight excluding hydrogens is 366 g/mol. The first-order valence-electron chi connectivity index (χ1n) is 8.34. The fourth-order valence-electron chi connectivity index (χ4n) is 2.61. The highest BCUT2D eigenvalue weighted by Gasteiger charge is 2.12. The highest BCUT2D eigenvalue weighted by atomic mass is 32.2. The molecule has 0 fully saturated rings. The molecule has 0 spiro atoms. The fourth-order valence-corrected chi connectivity index (χ4v) is 4.36. The third-order valence-electron chi connectivity index (χ3n) is 3.84. The van der Waals surface area contributed by atoms with Gasteiger partial charge in [-0.2, -0.15) is 5.10 Å². The average Bonchev–Trinajstić information content (AvgIpc) is 3.28. The van der Waals surface area contributed by atoms with E-state index in [9.17, 15) is 4.79 Å². The van der Waals surface area contributed by atoms with Crippen molar-refractivity contribution in [2.24, 2.45) is 0 Å². The van der Waals surface area contributed by atoms with Gasteiger partial charge in [-0.25, -0.2) is 14.6 Å². The normalized spacial score (nSPS) is 11.3. The van der Waals surface area contributed by atoms with Gasteiger partial charge >= 0.3 is 0 Å². The van der Waals surface area contributed by atoms with Gasteiger partial charge in [-0.05, 0) is 25.0 Å². The molecule has 0 aliphatic carbocycles. The van der Waals surface area contributed by atoms with Gasteiger partial charge in [0.15, 0.2) is 10.8 Å². The van der Waals surface area contributed by atoms with Crippen molar-refractivity contribution >= 4 is 34.1 Å². The first-order chi connectivity index (χ1) is 12.7. The van der Waals surface area contributed by atoms with Crippen LogP contribution in [0.1, 0.15) is 24.0 Å². The average molecular weight is 384 g/mol. The van der Waals surface area contributed by atoms with Crippen LogP contribution in [0, 0.1) is 0 Å². The number of hydrogen-bond acceptors (Lipinski definition) is 6. The molecule has 6 nitrogen and oxygen atoms in total. The number of thiazole rings is 1. The number of thioether (sulfide) groups is 1. The van der Waals surface area contributed by atoms with Crippen LogP contribution in [0.5, 0.6) is 0 Å². The Labute approximate surface area is 158 Å². The number of para-hydroxylation sites is 1. The Balaban J connectivity index is 1.62.